The molecule has 1 N–H and O–H groups in total. The van der Waals surface area contributed by atoms with Crippen LogP contribution < -0.4 is 0 Å². The maximum absolute atomic E-state index is 13.4. The first-order valence-electron chi connectivity index (χ1n) is 14.2. The number of hydrogen-bond acceptors (Lipinski definition) is 7. The molecule has 2 heterocycles. The molecule has 0 amide bonds. The number of ether oxygens (including phenoxy) is 3. The van der Waals surface area contributed by atoms with Gasteiger partial charge in [-0.05, 0) is 93.1 Å². The van der Waals surface area contributed by atoms with Gasteiger partial charge in [-0.2, -0.15) is 0 Å². The van der Waals surface area contributed by atoms with Crippen molar-refractivity contribution in [1.82, 2.24) is 0 Å². The van der Waals surface area contributed by atoms with Gasteiger partial charge in [0.1, 0.15) is 29.7 Å². The number of cyclic esters (lactones) is 1. The van der Waals surface area contributed by atoms with Crippen molar-refractivity contribution < 1.29 is 33.7 Å². The highest BCUT2D eigenvalue weighted by molar-refractivity contribution is 9.09. The van der Waals surface area contributed by atoms with Gasteiger partial charge in [-0.3, -0.25) is 9.59 Å². The zero-order valence-electron chi connectivity index (χ0n) is 22.7. The second-order valence-electron chi connectivity index (χ2n) is 13.2. The lowest BCUT2D eigenvalue weighted by molar-refractivity contribution is -0.156. The lowest BCUT2D eigenvalue weighted by Crippen LogP contribution is -2.63. The molecule has 3 saturated carbocycles. The Labute approximate surface area is 232 Å². The Hall–Kier alpha value is -1.51. The summed E-state index contributed by atoms with van der Waals surface area (Å²) in [6.45, 7) is 8.61. The van der Waals surface area contributed by atoms with E-state index in [0.29, 0.717) is 29.7 Å². The van der Waals surface area contributed by atoms with Crippen LogP contribution in [0.15, 0.2) is 23.3 Å². The molecule has 0 aromatic carbocycles. The van der Waals surface area contributed by atoms with E-state index in [0.717, 1.165) is 37.7 Å². The molecule has 4 aliphatic carbocycles. The normalized spacial score (nSPS) is 47.9. The van der Waals surface area contributed by atoms with Crippen LogP contribution in [-0.2, 0) is 28.6 Å². The number of ketones is 1. The highest BCUT2D eigenvalue weighted by atomic mass is 79.9. The predicted molar refractivity (Wildman–Crippen MR) is 142 cm³/mol. The fourth-order valence-electron chi connectivity index (χ4n) is 9.87. The van der Waals surface area contributed by atoms with Crippen molar-refractivity contribution in [3.05, 3.63) is 23.3 Å². The van der Waals surface area contributed by atoms with Gasteiger partial charge < -0.3 is 19.3 Å². The smallest absolute Gasteiger partial charge is 0.337 e. The molecule has 208 valence electrons. The molecule has 6 rings (SSSR count). The van der Waals surface area contributed by atoms with E-state index >= 15 is 0 Å². The lowest BCUT2D eigenvalue weighted by atomic mass is 9.44. The van der Waals surface area contributed by atoms with Crippen LogP contribution in [0.4, 0.5) is 0 Å². The number of alkyl halides is 1. The average molecular weight is 592 g/mol. The Morgan fingerprint density at radius 3 is 2.71 bits per heavy atom. The summed E-state index contributed by atoms with van der Waals surface area (Å²) in [7, 11) is 0. The maximum Gasteiger partial charge on any atom is 0.337 e. The van der Waals surface area contributed by atoms with Gasteiger partial charge in [0.25, 0.3) is 0 Å². The molecule has 11 atom stereocenters. The van der Waals surface area contributed by atoms with Crippen LogP contribution in [-0.4, -0.2) is 58.7 Å². The third kappa shape index (κ3) is 3.48. The zero-order chi connectivity index (χ0) is 27.2. The number of carbonyl (C=O) groups is 3. The quantitative estimate of drug-likeness (QED) is 0.289. The molecule has 2 aliphatic heterocycles. The number of hydrogen-bond donors (Lipinski definition) is 1. The second-order valence-corrected chi connectivity index (χ2v) is 13.7. The van der Waals surface area contributed by atoms with Crippen LogP contribution in [0, 0.1) is 40.4 Å². The third-order valence-corrected chi connectivity index (χ3v) is 12.4. The van der Waals surface area contributed by atoms with E-state index in [2.05, 4.69) is 36.7 Å². The number of fused-ring (bicyclic) bond motifs is 4. The van der Waals surface area contributed by atoms with Gasteiger partial charge in [-0.25, -0.2) is 4.79 Å². The molecule has 6 aliphatic rings. The van der Waals surface area contributed by atoms with E-state index < -0.39 is 23.1 Å². The fraction of sp³-hybridized carbons (Fsp3) is 0.767. The second kappa shape index (κ2) is 9.00. The molecule has 0 radical (unpaired) electrons. The summed E-state index contributed by atoms with van der Waals surface area (Å²) in [6.07, 6.45) is 8.00. The fourth-order valence-corrected chi connectivity index (χ4v) is 10.0. The number of aliphatic hydroxyl groups excluding tert-OH is 1. The molecule has 8 heteroatoms. The number of carbonyl (C=O) groups excluding carboxylic acids is 3. The standard InChI is InChI=1S/C30H39BrO7/c1-15-11-22(37-27(35)18(15)14-36-26(34)13-31)16(2)19-5-6-20-17-12-25-30(38-25)24(33)8-7-23(32)29(30,4)21(17)9-10-28(19,20)3/h7-8,16-17,19-22,24-25,33H,5-6,9-14H2,1-4H3/t16-,17-,19+,20-,21-,22+,24-,25+,28+,29-,30+/m0/s1. The number of halogens is 1. The van der Waals surface area contributed by atoms with E-state index in [1.807, 2.05) is 6.92 Å². The van der Waals surface area contributed by atoms with Gasteiger partial charge in [0, 0.05) is 6.42 Å². The molecule has 7 nitrogen and oxygen atoms in total. The first-order valence-corrected chi connectivity index (χ1v) is 15.3. The minimum atomic E-state index is -0.736. The van der Waals surface area contributed by atoms with Gasteiger partial charge in [0.15, 0.2) is 5.78 Å². The van der Waals surface area contributed by atoms with Gasteiger partial charge >= 0.3 is 11.9 Å². The third-order valence-electron chi connectivity index (χ3n) is 11.9. The summed E-state index contributed by atoms with van der Waals surface area (Å²) in [5.41, 5.74) is 0.0900. The molecule has 38 heavy (non-hydrogen) atoms. The summed E-state index contributed by atoms with van der Waals surface area (Å²) in [5, 5.41) is 11.0. The Morgan fingerprint density at radius 2 is 2.00 bits per heavy atom. The predicted octanol–water partition coefficient (Wildman–Crippen LogP) is 4.30. The number of esters is 2. The van der Waals surface area contributed by atoms with Gasteiger partial charge in [-0.15, -0.1) is 0 Å². The Morgan fingerprint density at radius 1 is 1.24 bits per heavy atom. The van der Waals surface area contributed by atoms with Crippen LogP contribution in [0.1, 0.15) is 66.2 Å². The van der Waals surface area contributed by atoms with Crippen LogP contribution in [0.5, 0.6) is 0 Å². The summed E-state index contributed by atoms with van der Waals surface area (Å²) in [4.78, 5) is 37.8. The van der Waals surface area contributed by atoms with Gasteiger partial charge in [0.2, 0.25) is 0 Å². The Kier molecular flexibility index (Phi) is 6.32. The summed E-state index contributed by atoms with van der Waals surface area (Å²) < 4.78 is 17.4. The Bertz CT molecular complexity index is 1130. The zero-order valence-corrected chi connectivity index (χ0v) is 24.3. The van der Waals surface area contributed by atoms with E-state index in [-0.39, 0.29) is 53.1 Å². The molecular weight excluding hydrogens is 552 g/mol. The van der Waals surface area contributed by atoms with Crippen LogP contribution in [0.3, 0.4) is 0 Å². The molecule has 0 aromatic heterocycles. The van der Waals surface area contributed by atoms with E-state index in [4.69, 9.17) is 14.2 Å². The SMILES string of the molecule is CC1=C(COC(=O)CBr)C(=O)O[C@@H]([C@@H](C)[C@H]2CC[C@H]3[C@@H]4C[C@H]5O[C@]56[C@@H](O)C=CC(=O)[C@]6(C)[C@H]4CC[C@]23C)C1. The van der Waals surface area contributed by atoms with Gasteiger partial charge in [0.05, 0.1) is 17.1 Å². The minimum Gasteiger partial charge on any atom is -0.460 e. The summed E-state index contributed by atoms with van der Waals surface area (Å²) >= 11 is 3.08. The number of aliphatic hydroxyl groups is 1. The van der Waals surface area contributed by atoms with Crippen molar-refractivity contribution >= 4 is 33.7 Å². The summed E-state index contributed by atoms with van der Waals surface area (Å²) in [5.74, 6) is 1.04. The monoisotopic (exact) mass is 590 g/mol. The van der Waals surface area contributed by atoms with Crippen LogP contribution in [0.2, 0.25) is 0 Å². The van der Waals surface area contributed by atoms with E-state index in [1.54, 1.807) is 12.2 Å². The van der Waals surface area contributed by atoms with E-state index in [9.17, 15) is 19.5 Å². The van der Waals surface area contributed by atoms with Crippen molar-refractivity contribution in [3.63, 3.8) is 0 Å². The molecule has 0 aromatic rings. The molecule has 0 bridgehead atoms. The topological polar surface area (TPSA) is 102 Å². The van der Waals surface area contributed by atoms with Gasteiger partial charge in [-0.1, -0.05) is 35.4 Å². The van der Waals surface area contributed by atoms with Crippen molar-refractivity contribution in [2.24, 2.45) is 40.4 Å². The first kappa shape index (κ1) is 26.7. The maximum atomic E-state index is 13.4. The number of epoxide rings is 1. The molecule has 4 fully saturated rings. The van der Waals surface area contributed by atoms with E-state index in [1.165, 1.54) is 0 Å². The number of rotatable bonds is 5. The molecule has 0 unspecified atom stereocenters. The Balaban J connectivity index is 1.20. The molecule has 1 saturated heterocycles. The van der Waals surface area contributed by atoms with Crippen molar-refractivity contribution in [2.75, 3.05) is 11.9 Å². The highest BCUT2D eigenvalue weighted by Gasteiger charge is 2.80. The lowest BCUT2D eigenvalue weighted by Gasteiger charge is -2.58. The number of allylic oxidation sites excluding steroid dienone is 1. The van der Waals surface area contributed by atoms with Crippen LogP contribution in [0.25, 0.3) is 0 Å². The summed E-state index contributed by atoms with van der Waals surface area (Å²) in [6, 6.07) is 0. The van der Waals surface area contributed by atoms with Crippen molar-refractivity contribution in [2.45, 2.75) is 90.1 Å². The first-order chi connectivity index (χ1) is 18.0. The minimum absolute atomic E-state index is 0.0470. The molecule has 1 spiro atoms. The average Bonchev–Trinajstić information content (AvgIpc) is 3.52. The highest BCUT2D eigenvalue weighted by Crippen LogP contribution is 2.73. The van der Waals surface area contributed by atoms with Crippen molar-refractivity contribution in [1.29, 1.82) is 0 Å². The van der Waals surface area contributed by atoms with Crippen molar-refractivity contribution in [3.8, 4) is 0 Å². The molecular formula is C30H39BrO7. The van der Waals surface area contributed by atoms with Crippen LogP contribution >= 0.6 is 15.9 Å². The largest absolute Gasteiger partial charge is 0.460 e.